The fourth-order valence-electron chi connectivity index (χ4n) is 0.399. The average Bonchev–Trinajstić information content (AvgIpc) is 1.89. The maximum atomic E-state index is 11.4. The van der Waals surface area contributed by atoms with Gasteiger partial charge in [0.15, 0.2) is 0 Å². The van der Waals surface area contributed by atoms with Crippen molar-refractivity contribution in [3.63, 3.8) is 0 Å². The molecule has 0 amide bonds. The minimum absolute atomic E-state index is 0.150. The maximum Gasteiger partial charge on any atom is 0.374 e. The van der Waals surface area contributed by atoms with E-state index in [0.717, 1.165) is 0 Å². The average molecular weight is 148 g/mol. The van der Waals surface area contributed by atoms with E-state index in [2.05, 4.69) is 4.74 Å². The van der Waals surface area contributed by atoms with Gasteiger partial charge in [-0.1, -0.05) is 0 Å². The normalized spacial score (nSPS) is 9.00. The van der Waals surface area contributed by atoms with Crippen molar-refractivity contribution in [1.82, 2.24) is 0 Å². The van der Waals surface area contributed by atoms with E-state index in [1.807, 2.05) is 0 Å². The molecule has 0 rings (SSSR count). The number of Topliss-reactive ketones (excluding diaryl/α,β-unsaturated/α-hetero) is 1. The zero-order chi connectivity index (χ0) is 7.98. The number of hydrogen-bond donors (Lipinski definition) is 0. The summed E-state index contributed by atoms with van der Waals surface area (Å²) in [6, 6.07) is 0. The summed E-state index contributed by atoms with van der Waals surface area (Å²) in [5.41, 5.74) is 0. The lowest BCUT2D eigenvalue weighted by Crippen LogP contribution is -2.17. The fraction of sp³-hybridized carbons (Fsp3) is 0.667. The Morgan fingerprint density at radius 2 is 2.10 bits per heavy atom. The lowest BCUT2D eigenvalue weighted by molar-refractivity contribution is -0.153. The van der Waals surface area contributed by atoms with Crippen molar-refractivity contribution in [2.75, 3.05) is 13.3 Å². The van der Waals surface area contributed by atoms with Crippen LogP contribution in [0.3, 0.4) is 0 Å². The lowest BCUT2D eigenvalue weighted by atomic mass is 10.3. The predicted molar refractivity (Wildman–Crippen MR) is 32.2 cm³/mol. The monoisotopic (exact) mass is 148 g/mol. The number of carbonyl (C=O) groups excluding carboxylic acids is 2. The van der Waals surface area contributed by atoms with Crippen LogP contribution >= 0.6 is 0 Å². The molecule has 0 radical (unpaired) electrons. The van der Waals surface area contributed by atoms with Crippen LogP contribution < -0.4 is 0 Å². The summed E-state index contributed by atoms with van der Waals surface area (Å²) in [6.07, 6.45) is -0.376. The van der Waals surface area contributed by atoms with Crippen LogP contribution in [0, 0.1) is 0 Å². The first-order valence-electron chi connectivity index (χ1n) is 2.98. The Balaban J connectivity index is 3.60. The molecule has 0 aliphatic rings. The van der Waals surface area contributed by atoms with Gasteiger partial charge in [0.05, 0.1) is 13.3 Å². The number of carbonyl (C=O) groups is 2. The van der Waals surface area contributed by atoms with Crippen LogP contribution in [-0.2, 0) is 14.3 Å². The number of ketones is 1. The van der Waals surface area contributed by atoms with Crippen LogP contribution in [0.25, 0.3) is 0 Å². The van der Waals surface area contributed by atoms with Crippen molar-refractivity contribution in [3.05, 3.63) is 0 Å². The Labute approximate surface area is 58.2 Å². The molecule has 0 aliphatic heterocycles. The molecule has 0 aromatic rings. The molecule has 0 saturated carbocycles. The van der Waals surface area contributed by atoms with Gasteiger partial charge in [-0.15, -0.1) is 0 Å². The van der Waals surface area contributed by atoms with E-state index in [-0.39, 0.29) is 13.0 Å². The topological polar surface area (TPSA) is 43.4 Å². The standard InChI is InChI=1S/C6H9FO3/c1-2-10-6(9)5(8)3-4-7/h2-4H2,1H3. The smallest absolute Gasteiger partial charge is 0.374 e. The molecule has 0 aromatic carbocycles. The first-order chi connectivity index (χ1) is 4.72. The van der Waals surface area contributed by atoms with Gasteiger partial charge in [0.25, 0.3) is 0 Å². The van der Waals surface area contributed by atoms with E-state index in [1.54, 1.807) is 6.92 Å². The number of ether oxygens (including phenoxy) is 1. The number of halogens is 1. The Morgan fingerprint density at radius 1 is 1.50 bits per heavy atom. The summed E-state index contributed by atoms with van der Waals surface area (Å²) in [5, 5.41) is 0. The van der Waals surface area contributed by atoms with Crippen molar-refractivity contribution in [2.45, 2.75) is 13.3 Å². The molecule has 3 nitrogen and oxygen atoms in total. The number of alkyl halides is 1. The van der Waals surface area contributed by atoms with Gasteiger partial charge in [-0.05, 0) is 6.92 Å². The van der Waals surface area contributed by atoms with E-state index in [9.17, 15) is 14.0 Å². The second-order valence-corrected chi connectivity index (χ2v) is 1.58. The van der Waals surface area contributed by atoms with E-state index < -0.39 is 18.4 Å². The highest BCUT2D eigenvalue weighted by molar-refractivity contribution is 6.33. The first kappa shape index (κ1) is 9.07. The molecule has 0 aliphatic carbocycles. The highest BCUT2D eigenvalue weighted by atomic mass is 19.1. The highest BCUT2D eigenvalue weighted by Gasteiger charge is 2.12. The van der Waals surface area contributed by atoms with E-state index in [0.29, 0.717) is 0 Å². The van der Waals surface area contributed by atoms with Gasteiger partial charge in [-0.25, -0.2) is 4.79 Å². The third kappa shape index (κ3) is 3.17. The minimum Gasteiger partial charge on any atom is -0.460 e. The molecule has 0 atom stereocenters. The first-order valence-corrected chi connectivity index (χ1v) is 2.98. The predicted octanol–water partition coefficient (Wildman–Crippen LogP) is 0.478. The fourth-order valence-corrected chi connectivity index (χ4v) is 0.399. The van der Waals surface area contributed by atoms with Crippen molar-refractivity contribution in [1.29, 1.82) is 0 Å². The van der Waals surface area contributed by atoms with E-state index >= 15 is 0 Å². The number of esters is 1. The molecule has 0 aromatic heterocycles. The molecule has 58 valence electrons. The van der Waals surface area contributed by atoms with Crippen LogP contribution in [0.2, 0.25) is 0 Å². The third-order valence-corrected chi connectivity index (χ3v) is 0.825. The Hall–Kier alpha value is -0.930. The number of rotatable bonds is 4. The van der Waals surface area contributed by atoms with Gasteiger partial charge in [0, 0.05) is 6.42 Å². The molecule has 4 heteroatoms. The number of hydrogen-bond acceptors (Lipinski definition) is 3. The van der Waals surface area contributed by atoms with Gasteiger partial charge in [0.1, 0.15) is 0 Å². The van der Waals surface area contributed by atoms with Gasteiger partial charge in [-0.3, -0.25) is 9.18 Å². The Bertz CT molecular complexity index is 117. The zero-order valence-electron chi connectivity index (χ0n) is 5.72. The van der Waals surface area contributed by atoms with Crippen molar-refractivity contribution in [3.8, 4) is 0 Å². The van der Waals surface area contributed by atoms with Crippen molar-refractivity contribution in [2.24, 2.45) is 0 Å². The van der Waals surface area contributed by atoms with Gasteiger partial charge in [0.2, 0.25) is 5.78 Å². The van der Waals surface area contributed by atoms with Crippen molar-refractivity contribution >= 4 is 11.8 Å². The molecule has 0 unspecified atom stereocenters. The van der Waals surface area contributed by atoms with Crippen molar-refractivity contribution < 1.29 is 18.7 Å². The van der Waals surface area contributed by atoms with Gasteiger partial charge < -0.3 is 4.74 Å². The summed E-state index contributed by atoms with van der Waals surface area (Å²) in [4.78, 5) is 20.8. The molecule has 0 spiro atoms. The van der Waals surface area contributed by atoms with Crippen LogP contribution in [-0.4, -0.2) is 25.0 Å². The molecular formula is C6H9FO3. The molecule has 0 N–H and O–H groups in total. The van der Waals surface area contributed by atoms with E-state index in [4.69, 9.17) is 0 Å². The quantitative estimate of drug-likeness (QED) is 0.430. The van der Waals surface area contributed by atoms with Crippen LogP contribution in [0.5, 0.6) is 0 Å². The molecule has 0 saturated heterocycles. The maximum absolute atomic E-state index is 11.4. The lowest BCUT2D eigenvalue weighted by Gasteiger charge is -1.96. The van der Waals surface area contributed by atoms with Gasteiger partial charge in [-0.2, -0.15) is 0 Å². The highest BCUT2D eigenvalue weighted by Crippen LogP contribution is 1.87. The SMILES string of the molecule is CCOC(=O)C(=O)CCF. The summed E-state index contributed by atoms with van der Waals surface area (Å²) in [6.45, 7) is 0.926. The minimum atomic E-state index is -0.944. The second-order valence-electron chi connectivity index (χ2n) is 1.58. The van der Waals surface area contributed by atoms with Gasteiger partial charge >= 0.3 is 5.97 Å². The summed E-state index contributed by atoms with van der Waals surface area (Å²) < 4.78 is 15.7. The second kappa shape index (κ2) is 4.90. The molecule has 0 fully saturated rings. The Kier molecular flexibility index (Phi) is 4.45. The summed E-state index contributed by atoms with van der Waals surface area (Å²) in [7, 11) is 0. The third-order valence-electron chi connectivity index (χ3n) is 0.825. The largest absolute Gasteiger partial charge is 0.460 e. The molecule has 10 heavy (non-hydrogen) atoms. The van der Waals surface area contributed by atoms with Crippen LogP contribution in [0.4, 0.5) is 4.39 Å². The van der Waals surface area contributed by atoms with Crippen LogP contribution in [0.15, 0.2) is 0 Å². The molecule has 0 heterocycles. The van der Waals surface area contributed by atoms with E-state index in [1.165, 1.54) is 0 Å². The molecular weight excluding hydrogens is 139 g/mol. The summed E-state index contributed by atoms with van der Waals surface area (Å²) >= 11 is 0. The Morgan fingerprint density at radius 3 is 2.50 bits per heavy atom. The zero-order valence-corrected chi connectivity index (χ0v) is 5.72. The summed E-state index contributed by atoms with van der Waals surface area (Å²) in [5.74, 6) is -1.75. The van der Waals surface area contributed by atoms with Crippen LogP contribution in [0.1, 0.15) is 13.3 Å². The molecule has 0 bridgehead atoms.